The van der Waals surface area contributed by atoms with Crippen molar-refractivity contribution in [1.82, 2.24) is 0 Å². The summed E-state index contributed by atoms with van der Waals surface area (Å²) in [7, 11) is -4.71. The Bertz CT molecular complexity index is 575. The van der Waals surface area contributed by atoms with Gasteiger partial charge in [-0.1, -0.05) is 12.1 Å². The van der Waals surface area contributed by atoms with Gasteiger partial charge in [-0.15, -0.1) is 3.89 Å². The Morgan fingerprint density at radius 3 is 2.20 bits per heavy atom. The highest BCUT2D eigenvalue weighted by Crippen LogP contribution is 2.15. The zero-order valence-corrected chi connectivity index (χ0v) is 12.4. The van der Waals surface area contributed by atoms with Crippen LogP contribution in [0.15, 0.2) is 29.2 Å². The molecule has 0 aliphatic rings. The molecule has 2 N–H and O–H groups in total. The number of rotatable bonds is 4. The predicted molar refractivity (Wildman–Crippen MR) is 72.3 cm³/mol. The third kappa shape index (κ3) is 5.26. The summed E-state index contributed by atoms with van der Waals surface area (Å²) in [6, 6.07) is 4.23. The van der Waals surface area contributed by atoms with Gasteiger partial charge in [0, 0.05) is 0 Å². The van der Waals surface area contributed by atoms with E-state index in [1.54, 1.807) is 20.8 Å². The van der Waals surface area contributed by atoms with Gasteiger partial charge in [0.1, 0.15) is 11.6 Å². The summed E-state index contributed by atoms with van der Waals surface area (Å²) in [6.45, 7) is 5.20. The van der Waals surface area contributed by atoms with Crippen LogP contribution >= 0.6 is 0 Å². The first-order chi connectivity index (χ1) is 8.99. The first kappa shape index (κ1) is 16.6. The number of carbonyl (C=O) groups is 1. The quantitative estimate of drug-likeness (QED) is 0.674. The van der Waals surface area contributed by atoms with Crippen molar-refractivity contribution >= 4 is 16.2 Å². The Morgan fingerprint density at radius 2 is 1.80 bits per heavy atom. The molecular weight excluding hydrogens is 285 g/mol. The fourth-order valence-electron chi connectivity index (χ4n) is 1.50. The van der Waals surface area contributed by atoms with Gasteiger partial charge in [0.2, 0.25) is 0 Å². The molecule has 7 heteroatoms. The Kier molecular flexibility index (Phi) is 4.88. The van der Waals surface area contributed by atoms with Gasteiger partial charge in [-0.3, -0.25) is 4.79 Å². The number of hydrogen-bond donors (Lipinski definition) is 1. The summed E-state index contributed by atoms with van der Waals surface area (Å²) in [5.74, 6) is -0.542. The SMILES string of the molecule is CC(C)(C)OC(=O)[C@@H](N)Cc1ccc(S(=O)(=O)F)cc1. The Labute approximate surface area is 118 Å². The fraction of sp³-hybridized carbons (Fsp3) is 0.462. The molecule has 5 nitrogen and oxygen atoms in total. The molecule has 0 radical (unpaired) electrons. The van der Waals surface area contributed by atoms with Crippen molar-refractivity contribution in [2.24, 2.45) is 5.73 Å². The summed E-state index contributed by atoms with van der Waals surface area (Å²) in [5.41, 5.74) is 5.71. The number of ether oxygens (including phenoxy) is 1. The van der Waals surface area contributed by atoms with E-state index in [4.69, 9.17) is 10.5 Å². The largest absolute Gasteiger partial charge is 0.459 e. The lowest BCUT2D eigenvalue weighted by Gasteiger charge is -2.22. The Hall–Kier alpha value is -1.47. The highest BCUT2D eigenvalue weighted by molar-refractivity contribution is 7.86. The number of esters is 1. The van der Waals surface area contributed by atoms with Gasteiger partial charge in [0.25, 0.3) is 0 Å². The van der Waals surface area contributed by atoms with Crippen LogP contribution in [0.1, 0.15) is 26.3 Å². The highest BCUT2D eigenvalue weighted by Gasteiger charge is 2.22. The predicted octanol–water partition coefficient (Wildman–Crippen LogP) is 1.56. The van der Waals surface area contributed by atoms with Crippen molar-refractivity contribution in [2.45, 2.75) is 43.7 Å². The van der Waals surface area contributed by atoms with Crippen LogP contribution in [0.3, 0.4) is 0 Å². The molecule has 20 heavy (non-hydrogen) atoms. The molecule has 1 rings (SSSR count). The van der Waals surface area contributed by atoms with Gasteiger partial charge in [-0.2, -0.15) is 8.42 Å². The van der Waals surface area contributed by atoms with E-state index in [1.807, 2.05) is 0 Å². The minimum atomic E-state index is -4.71. The van der Waals surface area contributed by atoms with Gasteiger partial charge in [0.15, 0.2) is 0 Å². The highest BCUT2D eigenvalue weighted by atomic mass is 32.3. The van der Waals surface area contributed by atoms with E-state index in [2.05, 4.69) is 0 Å². The zero-order chi connectivity index (χ0) is 15.6. The Balaban J connectivity index is 2.72. The average molecular weight is 303 g/mol. The number of benzene rings is 1. The minimum Gasteiger partial charge on any atom is -0.459 e. The van der Waals surface area contributed by atoms with Crippen LogP contribution in [0, 0.1) is 0 Å². The van der Waals surface area contributed by atoms with Gasteiger partial charge in [-0.25, -0.2) is 0 Å². The molecule has 0 unspecified atom stereocenters. The van der Waals surface area contributed by atoms with E-state index in [1.165, 1.54) is 12.1 Å². The van der Waals surface area contributed by atoms with Crippen LogP contribution in [-0.4, -0.2) is 26.0 Å². The molecule has 0 saturated carbocycles. The fourth-order valence-corrected chi connectivity index (χ4v) is 1.96. The normalized spacial score (nSPS) is 13.8. The summed E-state index contributed by atoms with van der Waals surface area (Å²) in [4.78, 5) is 11.3. The molecular formula is C13H18FNO4S. The zero-order valence-electron chi connectivity index (χ0n) is 11.6. The molecule has 0 heterocycles. The van der Waals surface area contributed by atoms with Crippen molar-refractivity contribution in [3.63, 3.8) is 0 Å². The second-order valence-corrected chi connectivity index (χ2v) is 6.77. The van der Waals surface area contributed by atoms with Gasteiger partial charge >= 0.3 is 16.2 Å². The Morgan fingerprint density at radius 1 is 1.30 bits per heavy atom. The van der Waals surface area contributed by atoms with E-state index < -0.39 is 32.7 Å². The standard InChI is InChI=1S/C13H18FNO4S/c1-13(2,3)19-12(16)11(15)8-9-4-6-10(7-5-9)20(14,17)18/h4-7,11H,8,15H2,1-3H3/t11-/m0/s1. The maximum absolute atomic E-state index is 12.7. The summed E-state index contributed by atoms with van der Waals surface area (Å²) in [5, 5.41) is 0. The molecule has 1 aromatic rings. The van der Waals surface area contributed by atoms with E-state index in [0.29, 0.717) is 5.56 Å². The van der Waals surface area contributed by atoms with Gasteiger partial charge in [0.05, 0.1) is 4.90 Å². The van der Waals surface area contributed by atoms with Crippen LogP contribution < -0.4 is 5.73 Å². The molecule has 0 aliphatic carbocycles. The lowest BCUT2D eigenvalue weighted by atomic mass is 10.1. The molecule has 0 spiro atoms. The average Bonchev–Trinajstić information content (AvgIpc) is 2.26. The number of nitrogens with two attached hydrogens (primary N) is 1. The van der Waals surface area contributed by atoms with Crippen LogP contribution in [0.4, 0.5) is 3.89 Å². The molecule has 112 valence electrons. The molecule has 1 aromatic carbocycles. The first-order valence-corrected chi connectivity index (χ1v) is 7.39. The van der Waals surface area contributed by atoms with E-state index in [0.717, 1.165) is 12.1 Å². The summed E-state index contributed by atoms with van der Waals surface area (Å²) < 4.78 is 39.2. The smallest absolute Gasteiger partial charge is 0.332 e. The van der Waals surface area contributed by atoms with Crippen molar-refractivity contribution < 1.29 is 21.8 Å². The second kappa shape index (κ2) is 5.88. The lowest BCUT2D eigenvalue weighted by Crippen LogP contribution is -2.38. The number of halogens is 1. The van der Waals surface area contributed by atoms with Crippen molar-refractivity contribution in [2.75, 3.05) is 0 Å². The van der Waals surface area contributed by atoms with Gasteiger partial charge < -0.3 is 10.5 Å². The maximum Gasteiger partial charge on any atom is 0.332 e. The van der Waals surface area contributed by atoms with E-state index >= 15 is 0 Å². The minimum absolute atomic E-state index is 0.182. The number of carbonyl (C=O) groups excluding carboxylic acids is 1. The first-order valence-electron chi connectivity index (χ1n) is 6.01. The van der Waals surface area contributed by atoms with Crippen LogP contribution in [0.2, 0.25) is 0 Å². The lowest BCUT2D eigenvalue weighted by molar-refractivity contribution is -0.156. The van der Waals surface area contributed by atoms with E-state index in [-0.39, 0.29) is 6.42 Å². The van der Waals surface area contributed by atoms with E-state index in [9.17, 15) is 17.1 Å². The maximum atomic E-state index is 12.7. The van der Waals surface area contributed by atoms with Crippen molar-refractivity contribution in [3.8, 4) is 0 Å². The summed E-state index contributed by atoms with van der Waals surface area (Å²) >= 11 is 0. The molecule has 0 aliphatic heterocycles. The van der Waals surface area contributed by atoms with Crippen LogP contribution in [-0.2, 0) is 26.2 Å². The van der Waals surface area contributed by atoms with Crippen molar-refractivity contribution in [1.29, 1.82) is 0 Å². The topological polar surface area (TPSA) is 86.5 Å². The molecule has 0 aromatic heterocycles. The third-order valence-electron chi connectivity index (χ3n) is 2.37. The molecule has 0 fully saturated rings. The monoisotopic (exact) mass is 303 g/mol. The molecule has 0 saturated heterocycles. The second-order valence-electron chi connectivity index (χ2n) is 5.43. The van der Waals surface area contributed by atoms with Crippen LogP contribution in [0.25, 0.3) is 0 Å². The van der Waals surface area contributed by atoms with Crippen molar-refractivity contribution in [3.05, 3.63) is 29.8 Å². The molecule has 1 atom stereocenters. The molecule has 0 bridgehead atoms. The van der Waals surface area contributed by atoms with Crippen LogP contribution in [0.5, 0.6) is 0 Å². The molecule has 0 amide bonds. The van der Waals surface area contributed by atoms with Gasteiger partial charge in [-0.05, 0) is 44.9 Å². The third-order valence-corrected chi connectivity index (χ3v) is 3.21. The summed E-state index contributed by atoms with van der Waals surface area (Å²) in [6.07, 6.45) is 0.182. The number of hydrogen-bond acceptors (Lipinski definition) is 5.